The van der Waals surface area contributed by atoms with Crippen LogP contribution in [0.1, 0.15) is 110 Å². The molecule has 6 aliphatic rings. The summed E-state index contributed by atoms with van der Waals surface area (Å²) in [4.78, 5) is 13.4. The Hall–Kier alpha value is -1.71. The molecule has 1 heterocycles. The minimum Gasteiger partial charge on any atom is -0.458 e. The van der Waals surface area contributed by atoms with Gasteiger partial charge in [-0.1, -0.05) is 39.8 Å². The lowest BCUT2D eigenvalue weighted by molar-refractivity contribution is -0.242. The van der Waals surface area contributed by atoms with Crippen molar-refractivity contribution in [2.45, 2.75) is 136 Å². The second-order valence-corrected chi connectivity index (χ2v) is 17.9. The summed E-state index contributed by atoms with van der Waals surface area (Å²) in [6.07, 6.45) is 5.05. The summed E-state index contributed by atoms with van der Waals surface area (Å²) in [6.45, 7) is 12.5. The highest BCUT2D eigenvalue weighted by atomic mass is 16.6. The summed E-state index contributed by atoms with van der Waals surface area (Å²) in [5, 5.41) is 47.8. The molecule has 0 aromatic heterocycles. The number of hydrogen-bond donors (Lipinski definition) is 5. The average molecular weight is 640 g/mol. The third-order valence-corrected chi connectivity index (χ3v) is 15.5. The molecule has 1 aliphatic heterocycles. The lowest BCUT2D eigenvalue weighted by Crippen LogP contribution is -2.66. The summed E-state index contributed by atoms with van der Waals surface area (Å²) >= 11 is 0. The molecule has 256 valence electrons. The van der Waals surface area contributed by atoms with E-state index < -0.39 is 30.2 Å². The Bertz CT molecular complexity index is 1370. The van der Waals surface area contributed by atoms with E-state index in [-0.39, 0.29) is 56.9 Å². The van der Waals surface area contributed by atoms with Gasteiger partial charge < -0.3 is 35.2 Å². The quantitative estimate of drug-likeness (QED) is 0.258. The summed E-state index contributed by atoms with van der Waals surface area (Å²) in [5.74, 6) is 0.489. The molecule has 8 heteroatoms. The summed E-state index contributed by atoms with van der Waals surface area (Å²) in [5.41, 5.74) is -0.378. The Labute approximate surface area is 274 Å². The molecule has 5 N–H and O–H groups in total. The zero-order valence-corrected chi connectivity index (χ0v) is 28.9. The van der Waals surface area contributed by atoms with E-state index in [1.807, 2.05) is 31.3 Å². The van der Waals surface area contributed by atoms with Gasteiger partial charge in [0.1, 0.15) is 12.2 Å². The third-order valence-electron chi connectivity index (χ3n) is 15.5. The van der Waals surface area contributed by atoms with Crippen molar-refractivity contribution in [1.82, 2.24) is 0 Å². The molecule has 5 aliphatic carbocycles. The highest BCUT2D eigenvalue weighted by molar-refractivity contribution is 5.95. The number of hydrogen-bond acceptors (Lipinski definition) is 8. The largest absolute Gasteiger partial charge is 0.458 e. The second kappa shape index (κ2) is 10.4. The van der Waals surface area contributed by atoms with Crippen molar-refractivity contribution in [3.05, 3.63) is 29.8 Å². The predicted octanol–water partition coefficient (Wildman–Crippen LogP) is 5.52. The average Bonchev–Trinajstić information content (AvgIpc) is 3.37. The van der Waals surface area contributed by atoms with Crippen molar-refractivity contribution < 1.29 is 34.7 Å². The van der Waals surface area contributed by atoms with Gasteiger partial charge in [0.15, 0.2) is 6.29 Å². The van der Waals surface area contributed by atoms with E-state index >= 15 is 0 Å². The van der Waals surface area contributed by atoms with Crippen LogP contribution in [-0.4, -0.2) is 69.8 Å². The Kier molecular flexibility index (Phi) is 7.42. The van der Waals surface area contributed by atoms with Crippen LogP contribution in [0.5, 0.6) is 0 Å². The first kappa shape index (κ1) is 32.8. The number of rotatable bonds is 6. The van der Waals surface area contributed by atoms with E-state index in [4.69, 9.17) is 9.47 Å². The molecular formula is C38H57NO7. The van der Waals surface area contributed by atoms with Crippen LogP contribution in [0.15, 0.2) is 24.3 Å². The molecule has 0 amide bonds. The van der Waals surface area contributed by atoms with Crippen molar-refractivity contribution >= 4 is 11.7 Å². The number of carbonyl (C=O) groups is 1. The van der Waals surface area contributed by atoms with E-state index in [1.165, 1.54) is 0 Å². The summed E-state index contributed by atoms with van der Waals surface area (Å²) in [6, 6.07) is 7.48. The molecule has 1 saturated heterocycles. The van der Waals surface area contributed by atoms with E-state index in [0.29, 0.717) is 24.3 Å². The smallest absolute Gasteiger partial charge is 0.340 e. The predicted molar refractivity (Wildman–Crippen MR) is 175 cm³/mol. The third kappa shape index (κ3) is 4.18. The molecule has 0 unspecified atom stereocenters. The molecule has 0 radical (unpaired) electrons. The summed E-state index contributed by atoms with van der Waals surface area (Å²) < 4.78 is 12.2. The van der Waals surface area contributed by atoms with Crippen molar-refractivity contribution in [3.63, 3.8) is 0 Å². The molecule has 0 spiro atoms. The number of carbonyl (C=O) groups excluding carboxylic acids is 1. The topological polar surface area (TPSA) is 128 Å². The Morgan fingerprint density at radius 2 is 1.74 bits per heavy atom. The number of benzene rings is 1. The van der Waals surface area contributed by atoms with Crippen LogP contribution in [0.2, 0.25) is 0 Å². The van der Waals surface area contributed by atoms with Crippen LogP contribution >= 0.6 is 0 Å². The van der Waals surface area contributed by atoms with Crippen LogP contribution < -0.4 is 5.32 Å². The van der Waals surface area contributed by atoms with E-state index in [1.54, 1.807) is 13.8 Å². The molecule has 5 saturated carbocycles. The van der Waals surface area contributed by atoms with Crippen molar-refractivity contribution in [2.24, 2.45) is 50.7 Å². The molecule has 0 bridgehead atoms. The zero-order chi connectivity index (χ0) is 33.2. The first-order valence-electron chi connectivity index (χ1n) is 17.9. The van der Waals surface area contributed by atoms with E-state index in [9.17, 15) is 25.2 Å². The van der Waals surface area contributed by atoms with Gasteiger partial charge in [-0.25, -0.2) is 4.79 Å². The molecule has 13 atom stereocenters. The van der Waals surface area contributed by atoms with Crippen molar-refractivity contribution in [1.29, 1.82) is 0 Å². The lowest BCUT2D eigenvalue weighted by atomic mass is 9.37. The van der Waals surface area contributed by atoms with Crippen LogP contribution in [0.4, 0.5) is 5.69 Å². The second-order valence-electron chi connectivity index (χ2n) is 17.9. The van der Waals surface area contributed by atoms with Gasteiger partial charge in [0.2, 0.25) is 0 Å². The number of anilines is 1. The van der Waals surface area contributed by atoms with Gasteiger partial charge in [0.25, 0.3) is 0 Å². The molecular weight excluding hydrogens is 582 g/mol. The Balaban J connectivity index is 1.13. The van der Waals surface area contributed by atoms with Crippen LogP contribution in [-0.2, 0) is 9.47 Å². The Morgan fingerprint density at radius 3 is 2.43 bits per heavy atom. The monoisotopic (exact) mass is 639 g/mol. The van der Waals surface area contributed by atoms with Gasteiger partial charge in [0, 0.05) is 29.5 Å². The van der Waals surface area contributed by atoms with Crippen LogP contribution in [0, 0.1) is 50.7 Å². The van der Waals surface area contributed by atoms with E-state index in [2.05, 4.69) is 33.0 Å². The molecule has 1 aromatic carbocycles. The minimum atomic E-state index is -1.30. The molecule has 1 aromatic rings. The molecule has 46 heavy (non-hydrogen) atoms. The van der Waals surface area contributed by atoms with Gasteiger partial charge in [0.05, 0.1) is 23.4 Å². The standard InChI is InChI=1S/C38H57NO7/c1-33(2)27-19-28(40)36(6)26(35(27,5)15-14-29(33)46-31(42)21-10-8-9-11-24(21)39-7)13-16-37-20-38(36,37)17-12-23(37)22-18-25(45-32(22)43)30(41)34(3,4)44/h8-11,22-23,25-30,32,39-41,43-44H,12-20H2,1-7H3/t22-,23+,25-,26-,27+,28-,29+,30+,32+,35-,36+,37-,38-/m1/s1. The fourth-order valence-corrected chi connectivity index (χ4v) is 13.3. The van der Waals surface area contributed by atoms with Crippen molar-refractivity contribution in [3.8, 4) is 0 Å². The van der Waals surface area contributed by atoms with Gasteiger partial charge in [-0.3, -0.25) is 0 Å². The molecule has 7 rings (SSSR count). The number of aliphatic hydroxyl groups excluding tert-OH is 3. The molecule has 8 nitrogen and oxygen atoms in total. The van der Waals surface area contributed by atoms with Gasteiger partial charge in [-0.05, 0) is 118 Å². The SMILES string of the molecule is CNc1ccccc1C(=O)O[C@H]1CC[C@]2(C)[C@H]3CC[C@]45C[C@]4(CC[C@H]5[C@H]4C[C@H]([C@H](O)C(C)(C)O)O[C@@H]4O)[C@]3(C)[C@H](O)C[C@H]2C1(C)C. The maximum Gasteiger partial charge on any atom is 0.340 e. The number of para-hydroxylation sites is 1. The maximum atomic E-state index is 13.4. The Morgan fingerprint density at radius 1 is 1.02 bits per heavy atom. The van der Waals surface area contributed by atoms with Crippen LogP contribution in [0.3, 0.4) is 0 Å². The first-order chi connectivity index (χ1) is 21.5. The number of nitrogens with one attached hydrogen (secondary N) is 1. The minimum absolute atomic E-state index is 0.0166. The number of ether oxygens (including phenoxy) is 2. The zero-order valence-electron chi connectivity index (χ0n) is 28.9. The fourth-order valence-electron chi connectivity index (χ4n) is 13.3. The van der Waals surface area contributed by atoms with Crippen molar-refractivity contribution in [2.75, 3.05) is 12.4 Å². The highest BCUT2D eigenvalue weighted by Gasteiger charge is 2.85. The van der Waals surface area contributed by atoms with E-state index in [0.717, 1.165) is 50.6 Å². The fraction of sp³-hybridized carbons (Fsp3) is 0.816. The lowest BCUT2D eigenvalue weighted by Gasteiger charge is -2.68. The molecule has 6 fully saturated rings. The van der Waals surface area contributed by atoms with Gasteiger partial charge >= 0.3 is 5.97 Å². The maximum absolute atomic E-state index is 13.4. The summed E-state index contributed by atoms with van der Waals surface area (Å²) in [7, 11) is 1.82. The normalized spacial score (nSPS) is 48.0. The van der Waals surface area contributed by atoms with Gasteiger partial charge in [-0.2, -0.15) is 0 Å². The van der Waals surface area contributed by atoms with Crippen LogP contribution in [0.25, 0.3) is 0 Å². The number of fused-ring (bicyclic) bond motifs is 3. The number of aliphatic hydroxyl groups is 4. The number of esters is 1. The highest BCUT2D eigenvalue weighted by Crippen LogP contribution is 2.91. The van der Waals surface area contributed by atoms with Gasteiger partial charge in [-0.15, -0.1) is 0 Å². The first-order valence-corrected chi connectivity index (χ1v) is 17.9.